The Labute approximate surface area is 103 Å². The molecule has 2 atom stereocenters. The lowest BCUT2D eigenvalue weighted by Gasteiger charge is -2.49. The second-order valence-corrected chi connectivity index (χ2v) is 7.06. The number of rotatable bonds is 3. The molecular weight excluding hydrogens is 274 g/mol. The number of halogens is 1. The highest BCUT2D eigenvalue weighted by Crippen LogP contribution is 2.40. The molecule has 1 fully saturated rings. The van der Waals surface area contributed by atoms with Crippen LogP contribution in [0, 0.1) is 5.41 Å². The first-order chi connectivity index (χ1) is 7.00. The summed E-state index contributed by atoms with van der Waals surface area (Å²) in [4.78, 5) is 0. The minimum atomic E-state index is -0.149. The largest absolute Gasteiger partial charge is 0.392 e. The molecule has 0 radical (unpaired) electrons. The minimum absolute atomic E-state index is 0.0211. The van der Waals surface area contributed by atoms with Gasteiger partial charge in [-0.3, -0.25) is 0 Å². The van der Waals surface area contributed by atoms with E-state index in [9.17, 15) is 5.11 Å². The van der Waals surface area contributed by atoms with E-state index < -0.39 is 0 Å². The molecule has 1 aliphatic carbocycles. The standard InChI is InChI=1S/C11H16BrNOS/c1-11(2)8(4-9(11)14)13-5-7-3-10(12)15-6-7/h3,6,8-9,13-14H,4-5H2,1-2H3. The van der Waals surface area contributed by atoms with Gasteiger partial charge in [0.25, 0.3) is 0 Å². The highest BCUT2D eigenvalue weighted by Gasteiger charge is 2.46. The number of hydrogen-bond donors (Lipinski definition) is 2. The van der Waals surface area contributed by atoms with Crippen LogP contribution in [0.25, 0.3) is 0 Å². The quantitative estimate of drug-likeness (QED) is 0.897. The van der Waals surface area contributed by atoms with Crippen molar-refractivity contribution < 1.29 is 5.11 Å². The molecule has 4 heteroatoms. The van der Waals surface area contributed by atoms with Gasteiger partial charge in [-0.15, -0.1) is 11.3 Å². The van der Waals surface area contributed by atoms with E-state index in [0.29, 0.717) is 6.04 Å². The van der Waals surface area contributed by atoms with Crippen molar-refractivity contribution >= 4 is 27.3 Å². The lowest BCUT2D eigenvalue weighted by Crippen LogP contribution is -2.59. The first-order valence-corrected chi connectivity index (χ1v) is 6.82. The fourth-order valence-corrected chi connectivity index (χ4v) is 3.14. The van der Waals surface area contributed by atoms with Crippen LogP contribution in [0.5, 0.6) is 0 Å². The zero-order chi connectivity index (χ0) is 11.1. The van der Waals surface area contributed by atoms with E-state index in [1.54, 1.807) is 11.3 Å². The third kappa shape index (κ3) is 2.28. The topological polar surface area (TPSA) is 32.3 Å². The Bertz CT molecular complexity index is 350. The summed E-state index contributed by atoms with van der Waals surface area (Å²) < 4.78 is 1.17. The fraction of sp³-hybridized carbons (Fsp3) is 0.636. The molecule has 1 saturated carbocycles. The van der Waals surface area contributed by atoms with Crippen LogP contribution in [-0.2, 0) is 6.54 Å². The molecule has 2 nitrogen and oxygen atoms in total. The van der Waals surface area contributed by atoms with Crippen molar-refractivity contribution in [2.24, 2.45) is 5.41 Å². The van der Waals surface area contributed by atoms with Crippen molar-refractivity contribution in [3.63, 3.8) is 0 Å². The Morgan fingerprint density at radius 2 is 2.40 bits per heavy atom. The van der Waals surface area contributed by atoms with Gasteiger partial charge in [-0.2, -0.15) is 0 Å². The van der Waals surface area contributed by atoms with E-state index in [1.165, 1.54) is 9.35 Å². The Kier molecular flexibility index (Phi) is 3.22. The summed E-state index contributed by atoms with van der Waals surface area (Å²) in [7, 11) is 0. The maximum Gasteiger partial charge on any atom is 0.0701 e. The lowest BCUT2D eigenvalue weighted by molar-refractivity contribution is -0.0729. The molecule has 0 amide bonds. The fourth-order valence-electron chi connectivity index (χ4n) is 1.93. The summed E-state index contributed by atoms with van der Waals surface area (Å²) in [6.45, 7) is 5.12. The van der Waals surface area contributed by atoms with Crippen LogP contribution in [0.1, 0.15) is 25.8 Å². The molecule has 1 aliphatic rings. The summed E-state index contributed by atoms with van der Waals surface area (Å²) >= 11 is 5.16. The van der Waals surface area contributed by atoms with Crippen molar-refractivity contribution in [1.82, 2.24) is 5.32 Å². The summed E-state index contributed by atoms with van der Waals surface area (Å²) in [6, 6.07) is 2.57. The molecule has 1 heterocycles. The highest BCUT2D eigenvalue weighted by molar-refractivity contribution is 9.11. The van der Waals surface area contributed by atoms with Crippen LogP contribution in [0.3, 0.4) is 0 Å². The van der Waals surface area contributed by atoms with Crippen molar-refractivity contribution in [1.29, 1.82) is 0 Å². The molecule has 2 rings (SSSR count). The van der Waals surface area contributed by atoms with E-state index in [4.69, 9.17) is 0 Å². The maximum absolute atomic E-state index is 9.60. The van der Waals surface area contributed by atoms with Crippen molar-refractivity contribution in [2.45, 2.75) is 39.0 Å². The lowest BCUT2D eigenvalue weighted by atomic mass is 9.64. The zero-order valence-corrected chi connectivity index (χ0v) is 11.4. The van der Waals surface area contributed by atoms with E-state index in [-0.39, 0.29) is 11.5 Å². The second kappa shape index (κ2) is 4.17. The van der Waals surface area contributed by atoms with Gasteiger partial charge in [0.2, 0.25) is 0 Å². The monoisotopic (exact) mass is 289 g/mol. The predicted molar refractivity (Wildman–Crippen MR) is 67.1 cm³/mol. The van der Waals surface area contributed by atoms with Crippen LogP contribution < -0.4 is 5.32 Å². The van der Waals surface area contributed by atoms with E-state index in [2.05, 4.69) is 46.5 Å². The second-order valence-electron chi connectivity index (χ2n) is 4.77. The summed E-state index contributed by atoms with van der Waals surface area (Å²) in [6.07, 6.45) is 0.724. The van der Waals surface area contributed by atoms with Crippen LogP contribution in [-0.4, -0.2) is 17.3 Å². The van der Waals surface area contributed by atoms with Gasteiger partial charge in [-0.1, -0.05) is 13.8 Å². The molecule has 1 aromatic rings. The molecule has 0 saturated heterocycles. The van der Waals surface area contributed by atoms with Gasteiger partial charge in [-0.05, 0) is 39.4 Å². The molecule has 0 bridgehead atoms. The van der Waals surface area contributed by atoms with Crippen LogP contribution >= 0.6 is 27.3 Å². The Balaban J connectivity index is 1.85. The first-order valence-electron chi connectivity index (χ1n) is 5.14. The van der Waals surface area contributed by atoms with Gasteiger partial charge in [0, 0.05) is 18.0 Å². The first kappa shape index (κ1) is 11.6. The molecule has 2 N–H and O–H groups in total. The van der Waals surface area contributed by atoms with Crippen molar-refractivity contribution in [3.8, 4) is 0 Å². The number of aliphatic hydroxyl groups excluding tert-OH is 1. The van der Waals surface area contributed by atoms with Gasteiger partial charge < -0.3 is 10.4 Å². The average molecular weight is 290 g/mol. The highest BCUT2D eigenvalue weighted by atomic mass is 79.9. The van der Waals surface area contributed by atoms with Crippen LogP contribution in [0.15, 0.2) is 15.2 Å². The number of nitrogens with one attached hydrogen (secondary N) is 1. The van der Waals surface area contributed by atoms with Crippen molar-refractivity contribution in [2.75, 3.05) is 0 Å². The average Bonchev–Trinajstić information content (AvgIpc) is 2.58. The zero-order valence-electron chi connectivity index (χ0n) is 8.96. The smallest absolute Gasteiger partial charge is 0.0701 e. The molecule has 0 spiro atoms. The van der Waals surface area contributed by atoms with Gasteiger partial charge in [0.05, 0.1) is 9.89 Å². The van der Waals surface area contributed by atoms with Gasteiger partial charge in [-0.25, -0.2) is 0 Å². The molecule has 2 unspecified atom stereocenters. The van der Waals surface area contributed by atoms with Gasteiger partial charge in [0.15, 0.2) is 0 Å². The molecule has 84 valence electrons. The summed E-state index contributed by atoms with van der Waals surface area (Å²) in [5.41, 5.74) is 1.33. The Morgan fingerprint density at radius 1 is 1.67 bits per heavy atom. The number of aliphatic hydroxyl groups is 1. The van der Waals surface area contributed by atoms with E-state index in [1.807, 2.05) is 0 Å². The number of thiophene rings is 1. The Hall–Kier alpha value is 0.100. The van der Waals surface area contributed by atoms with Crippen molar-refractivity contribution in [3.05, 3.63) is 20.8 Å². The summed E-state index contributed by atoms with van der Waals surface area (Å²) in [5.74, 6) is 0. The minimum Gasteiger partial charge on any atom is -0.392 e. The predicted octanol–water partition coefficient (Wildman–Crippen LogP) is 2.76. The normalized spacial score (nSPS) is 28.8. The third-order valence-corrected chi connectivity index (χ3v) is 4.94. The van der Waals surface area contributed by atoms with Gasteiger partial charge >= 0.3 is 0 Å². The van der Waals surface area contributed by atoms with E-state index >= 15 is 0 Å². The Morgan fingerprint density at radius 3 is 2.87 bits per heavy atom. The van der Waals surface area contributed by atoms with E-state index in [0.717, 1.165) is 13.0 Å². The maximum atomic E-state index is 9.60. The molecule has 0 aliphatic heterocycles. The molecular formula is C11H16BrNOS. The van der Waals surface area contributed by atoms with Crippen LogP contribution in [0.2, 0.25) is 0 Å². The molecule has 1 aromatic heterocycles. The molecule has 0 aromatic carbocycles. The SMILES string of the molecule is CC1(C)C(O)CC1NCc1csc(Br)c1. The molecule has 15 heavy (non-hydrogen) atoms. The number of hydrogen-bond acceptors (Lipinski definition) is 3. The van der Waals surface area contributed by atoms with Gasteiger partial charge in [0.1, 0.15) is 0 Å². The third-order valence-electron chi connectivity index (χ3n) is 3.39. The summed E-state index contributed by atoms with van der Waals surface area (Å²) in [5, 5.41) is 15.2. The van der Waals surface area contributed by atoms with Crippen LogP contribution in [0.4, 0.5) is 0 Å².